The highest BCUT2D eigenvalue weighted by Crippen LogP contribution is 2.38. The average molecular weight is 225 g/mol. The molecule has 3 N–H and O–H groups in total. The molecule has 1 aromatic rings. The smallest absolute Gasteiger partial charge is 0.245 e. The first-order valence-corrected chi connectivity index (χ1v) is 5.94. The molecule has 1 aromatic heterocycles. The van der Waals surface area contributed by atoms with Crippen LogP contribution in [0.1, 0.15) is 56.3 Å². The van der Waals surface area contributed by atoms with E-state index in [4.69, 9.17) is 15.4 Å². The minimum atomic E-state index is -0.551. The summed E-state index contributed by atoms with van der Waals surface area (Å²) in [6, 6.07) is -0.551. The lowest BCUT2D eigenvalue weighted by Crippen LogP contribution is -2.14. The van der Waals surface area contributed by atoms with Gasteiger partial charge in [-0.05, 0) is 25.2 Å². The van der Waals surface area contributed by atoms with Gasteiger partial charge in [-0.25, -0.2) is 0 Å². The molecule has 0 amide bonds. The van der Waals surface area contributed by atoms with Crippen LogP contribution in [0.4, 0.5) is 0 Å². The minimum absolute atomic E-state index is 0.163. The fraction of sp³-hybridized carbons (Fsp3) is 0.818. The van der Waals surface area contributed by atoms with Crippen molar-refractivity contribution in [2.75, 3.05) is 6.61 Å². The van der Waals surface area contributed by atoms with Crippen molar-refractivity contribution in [2.24, 2.45) is 11.7 Å². The van der Waals surface area contributed by atoms with Gasteiger partial charge in [0.25, 0.3) is 0 Å². The molecule has 5 nitrogen and oxygen atoms in total. The van der Waals surface area contributed by atoms with E-state index in [1.807, 2.05) is 0 Å². The number of hydrogen-bond acceptors (Lipinski definition) is 5. The van der Waals surface area contributed by atoms with Gasteiger partial charge in [0.15, 0.2) is 5.82 Å². The lowest BCUT2D eigenvalue weighted by Gasteiger charge is -2.04. The molecule has 90 valence electrons. The predicted octanol–water partition coefficient (Wildman–Crippen LogP) is 1.36. The van der Waals surface area contributed by atoms with Crippen LogP contribution in [0.2, 0.25) is 0 Å². The molecule has 0 radical (unpaired) electrons. The lowest BCUT2D eigenvalue weighted by molar-refractivity contribution is 0.236. The maximum Gasteiger partial charge on any atom is 0.245 e. The van der Waals surface area contributed by atoms with Crippen LogP contribution < -0.4 is 5.73 Å². The topological polar surface area (TPSA) is 85.2 Å². The maximum absolute atomic E-state index is 8.89. The van der Waals surface area contributed by atoms with E-state index in [-0.39, 0.29) is 6.61 Å². The number of nitrogens with zero attached hydrogens (tertiary/aromatic N) is 2. The Morgan fingerprint density at radius 2 is 2.38 bits per heavy atom. The fourth-order valence-corrected chi connectivity index (χ4v) is 2.32. The molecule has 1 saturated carbocycles. The van der Waals surface area contributed by atoms with Crippen LogP contribution in [0.25, 0.3) is 0 Å². The van der Waals surface area contributed by atoms with Gasteiger partial charge < -0.3 is 15.4 Å². The van der Waals surface area contributed by atoms with Crippen molar-refractivity contribution in [1.82, 2.24) is 10.1 Å². The van der Waals surface area contributed by atoms with Gasteiger partial charge in [0.1, 0.15) is 6.04 Å². The van der Waals surface area contributed by atoms with Crippen LogP contribution in [0.15, 0.2) is 4.52 Å². The average Bonchev–Trinajstić information content (AvgIpc) is 2.95. The molecule has 1 heterocycles. The summed E-state index contributed by atoms with van der Waals surface area (Å²) in [5, 5.41) is 12.8. The summed E-state index contributed by atoms with van der Waals surface area (Å²) < 4.78 is 5.05. The fourth-order valence-electron chi connectivity index (χ4n) is 2.32. The molecule has 5 heteroatoms. The second-order valence-corrected chi connectivity index (χ2v) is 4.56. The largest absolute Gasteiger partial charge is 0.394 e. The standard InChI is InChI=1S/C11H19N3O2/c1-2-7-3-4-8(5-7)10-13-11(16-14-10)9(12)6-15/h7-9,15H,2-6,12H2,1H3/t7?,8?,9-/m1/s1. The van der Waals surface area contributed by atoms with Gasteiger partial charge in [0.2, 0.25) is 5.89 Å². The van der Waals surface area contributed by atoms with E-state index >= 15 is 0 Å². The number of rotatable bonds is 4. The van der Waals surface area contributed by atoms with Crippen molar-refractivity contribution in [3.63, 3.8) is 0 Å². The van der Waals surface area contributed by atoms with E-state index in [9.17, 15) is 0 Å². The maximum atomic E-state index is 8.89. The molecule has 2 rings (SSSR count). The third-order valence-electron chi connectivity index (χ3n) is 3.46. The van der Waals surface area contributed by atoms with Crippen molar-refractivity contribution in [3.05, 3.63) is 11.7 Å². The molecule has 16 heavy (non-hydrogen) atoms. The molecule has 0 saturated heterocycles. The Morgan fingerprint density at radius 3 is 3.00 bits per heavy atom. The molecule has 1 aliphatic rings. The summed E-state index contributed by atoms with van der Waals surface area (Å²) >= 11 is 0. The summed E-state index contributed by atoms with van der Waals surface area (Å²) in [6.07, 6.45) is 4.74. The summed E-state index contributed by atoms with van der Waals surface area (Å²) in [4.78, 5) is 4.27. The quantitative estimate of drug-likeness (QED) is 0.808. The van der Waals surface area contributed by atoms with Gasteiger partial charge in [-0.1, -0.05) is 18.5 Å². The van der Waals surface area contributed by atoms with Crippen LogP contribution in [0.5, 0.6) is 0 Å². The zero-order valence-electron chi connectivity index (χ0n) is 9.59. The Morgan fingerprint density at radius 1 is 1.56 bits per heavy atom. The minimum Gasteiger partial charge on any atom is -0.394 e. The van der Waals surface area contributed by atoms with E-state index < -0.39 is 6.04 Å². The van der Waals surface area contributed by atoms with E-state index in [1.54, 1.807) is 0 Å². The van der Waals surface area contributed by atoms with Crippen molar-refractivity contribution in [2.45, 2.75) is 44.6 Å². The Balaban J connectivity index is 2.02. The molecule has 1 aliphatic carbocycles. The zero-order valence-corrected chi connectivity index (χ0v) is 9.59. The van der Waals surface area contributed by atoms with Crippen molar-refractivity contribution < 1.29 is 9.63 Å². The summed E-state index contributed by atoms with van der Waals surface area (Å²) in [7, 11) is 0. The SMILES string of the molecule is CCC1CCC(c2noc([C@H](N)CO)n2)C1. The van der Waals surface area contributed by atoms with Gasteiger partial charge in [-0.2, -0.15) is 4.98 Å². The summed E-state index contributed by atoms with van der Waals surface area (Å²) in [6.45, 7) is 2.06. The summed E-state index contributed by atoms with van der Waals surface area (Å²) in [5.41, 5.74) is 5.61. The van der Waals surface area contributed by atoms with Gasteiger partial charge in [-0.3, -0.25) is 0 Å². The van der Waals surface area contributed by atoms with Crippen LogP contribution >= 0.6 is 0 Å². The van der Waals surface area contributed by atoms with Crippen LogP contribution in [0.3, 0.4) is 0 Å². The van der Waals surface area contributed by atoms with Crippen molar-refractivity contribution in [3.8, 4) is 0 Å². The molecule has 0 spiro atoms. The van der Waals surface area contributed by atoms with E-state index in [0.717, 1.165) is 24.6 Å². The first-order valence-electron chi connectivity index (χ1n) is 5.94. The molecule has 1 fully saturated rings. The van der Waals surface area contributed by atoms with Gasteiger partial charge >= 0.3 is 0 Å². The Kier molecular flexibility index (Phi) is 3.56. The van der Waals surface area contributed by atoms with Gasteiger partial charge in [0, 0.05) is 5.92 Å². The van der Waals surface area contributed by atoms with E-state index in [1.165, 1.54) is 12.8 Å². The predicted molar refractivity (Wildman–Crippen MR) is 58.7 cm³/mol. The number of aromatic nitrogens is 2. The highest BCUT2D eigenvalue weighted by Gasteiger charge is 2.28. The molecular weight excluding hydrogens is 206 g/mol. The first-order chi connectivity index (χ1) is 7.74. The van der Waals surface area contributed by atoms with E-state index in [0.29, 0.717) is 11.8 Å². The number of nitrogens with two attached hydrogens (primary N) is 1. The van der Waals surface area contributed by atoms with E-state index in [2.05, 4.69) is 17.1 Å². The van der Waals surface area contributed by atoms with Crippen LogP contribution in [0, 0.1) is 5.92 Å². The second-order valence-electron chi connectivity index (χ2n) is 4.56. The van der Waals surface area contributed by atoms with Crippen molar-refractivity contribution in [1.29, 1.82) is 0 Å². The second kappa shape index (κ2) is 4.93. The Labute approximate surface area is 95.0 Å². The summed E-state index contributed by atoms with van der Waals surface area (Å²) in [5.74, 6) is 2.30. The van der Waals surface area contributed by atoms with Gasteiger partial charge in [-0.15, -0.1) is 0 Å². The van der Waals surface area contributed by atoms with Crippen LogP contribution in [-0.2, 0) is 0 Å². The molecule has 3 atom stereocenters. The molecule has 2 unspecified atom stereocenters. The first kappa shape index (κ1) is 11.5. The lowest BCUT2D eigenvalue weighted by atomic mass is 10.0. The normalized spacial score (nSPS) is 27.2. The molecule has 0 bridgehead atoms. The molecular formula is C11H19N3O2. The third kappa shape index (κ3) is 2.25. The molecule has 0 aromatic carbocycles. The zero-order chi connectivity index (χ0) is 11.5. The number of aliphatic hydroxyl groups is 1. The monoisotopic (exact) mass is 225 g/mol. The third-order valence-corrected chi connectivity index (χ3v) is 3.46. The van der Waals surface area contributed by atoms with Gasteiger partial charge in [0.05, 0.1) is 6.61 Å². The number of aliphatic hydroxyl groups excluding tert-OH is 1. The number of hydrogen-bond donors (Lipinski definition) is 2. The highest BCUT2D eigenvalue weighted by atomic mass is 16.5. The molecule has 0 aliphatic heterocycles. The Hall–Kier alpha value is -0.940. The van der Waals surface area contributed by atoms with Crippen molar-refractivity contribution >= 4 is 0 Å². The Bertz CT molecular complexity index is 340. The van der Waals surface area contributed by atoms with Crippen LogP contribution in [-0.4, -0.2) is 21.9 Å². The highest BCUT2D eigenvalue weighted by molar-refractivity contribution is 5.01.